The van der Waals surface area contributed by atoms with Crippen LogP contribution in [0.1, 0.15) is 16.8 Å². The fourth-order valence-corrected chi connectivity index (χ4v) is 2.49. The van der Waals surface area contributed by atoms with Crippen molar-refractivity contribution in [3.8, 4) is 0 Å². The molecule has 2 bridgehead atoms. The summed E-state index contributed by atoms with van der Waals surface area (Å²) in [4.78, 5) is 13.5. The van der Waals surface area contributed by atoms with Crippen molar-refractivity contribution >= 4 is 5.91 Å². The van der Waals surface area contributed by atoms with Crippen LogP contribution in [0.15, 0.2) is 12.1 Å². The Morgan fingerprint density at radius 3 is 2.67 bits per heavy atom. The van der Waals surface area contributed by atoms with Gasteiger partial charge in [0, 0.05) is 6.54 Å². The van der Waals surface area contributed by atoms with Gasteiger partial charge >= 0.3 is 0 Å². The number of fused-ring (bicyclic) bond motifs is 2. The van der Waals surface area contributed by atoms with Gasteiger partial charge in [-0.15, -0.1) is 0 Å². The summed E-state index contributed by atoms with van der Waals surface area (Å²) in [6, 6.07) is 1.65. The Morgan fingerprint density at radius 2 is 2.06 bits per heavy atom. The summed E-state index contributed by atoms with van der Waals surface area (Å²) in [6.45, 7) is 0.795. The van der Waals surface area contributed by atoms with E-state index < -0.39 is 28.9 Å². The lowest BCUT2D eigenvalue weighted by molar-refractivity contribution is 0.0255. The van der Waals surface area contributed by atoms with Crippen molar-refractivity contribution < 1.29 is 22.7 Å². The maximum atomic E-state index is 13.5. The quantitative estimate of drug-likeness (QED) is 0.717. The Morgan fingerprint density at radius 1 is 1.28 bits per heavy atom. The van der Waals surface area contributed by atoms with Gasteiger partial charge in [0.2, 0.25) is 0 Å². The molecule has 0 aromatic heterocycles. The Labute approximate surface area is 101 Å². The largest absolute Gasteiger partial charge is 0.374 e. The van der Waals surface area contributed by atoms with E-state index in [-0.39, 0.29) is 12.1 Å². The van der Waals surface area contributed by atoms with Gasteiger partial charge in [-0.05, 0) is 18.6 Å². The van der Waals surface area contributed by atoms with Gasteiger partial charge in [0.15, 0.2) is 17.5 Å². The molecule has 18 heavy (non-hydrogen) atoms. The molecule has 2 heterocycles. The van der Waals surface area contributed by atoms with E-state index in [1.165, 1.54) is 4.90 Å². The van der Waals surface area contributed by atoms with Crippen molar-refractivity contribution in [3.63, 3.8) is 0 Å². The van der Waals surface area contributed by atoms with E-state index in [1.54, 1.807) is 0 Å². The minimum atomic E-state index is -1.61. The molecular weight excluding hydrogens is 247 g/mol. The monoisotopic (exact) mass is 257 g/mol. The minimum Gasteiger partial charge on any atom is -0.374 e. The maximum Gasteiger partial charge on any atom is 0.257 e. The highest BCUT2D eigenvalue weighted by atomic mass is 19.2. The van der Waals surface area contributed by atoms with Crippen molar-refractivity contribution in [2.24, 2.45) is 0 Å². The first-order valence-electron chi connectivity index (χ1n) is 5.64. The Hall–Kier alpha value is -1.56. The van der Waals surface area contributed by atoms with Crippen LogP contribution in [-0.2, 0) is 4.74 Å². The molecule has 2 fully saturated rings. The molecule has 0 N–H and O–H groups in total. The van der Waals surface area contributed by atoms with E-state index in [9.17, 15) is 18.0 Å². The maximum absolute atomic E-state index is 13.5. The fraction of sp³-hybridized carbons (Fsp3) is 0.417. The van der Waals surface area contributed by atoms with Gasteiger partial charge in [-0.1, -0.05) is 0 Å². The van der Waals surface area contributed by atoms with Crippen LogP contribution in [0.3, 0.4) is 0 Å². The molecule has 0 radical (unpaired) electrons. The van der Waals surface area contributed by atoms with Gasteiger partial charge in [-0.3, -0.25) is 4.79 Å². The number of amides is 1. The van der Waals surface area contributed by atoms with Crippen LogP contribution in [0, 0.1) is 17.5 Å². The third-order valence-electron chi connectivity index (χ3n) is 3.43. The topological polar surface area (TPSA) is 29.5 Å². The number of carbonyl (C=O) groups excluding carboxylic acids is 1. The van der Waals surface area contributed by atoms with Gasteiger partial charge in [-0.2, -0.15) is 0 Å². The molecule has 0 unspecified atom stereocenters. The van der Waals surface area contributed by atoms with Crippen molar-refractivity contribution in [2.45, 2.75) is 18.6 Å². The zero-order chi connectivity index (χ0) is 12.9. The SMILES string of the molecule is O=C(c1ccc(F)c(F)c1F)N1C[C@H]2C[C@H]1CO2. The number of ether oxygens (including phenoxy) is 1. The smallest absolute Gasteiger partial charge is 0.257 e. The third-order valence-corrected chi connectivity index (χ3v) is 3.43. The van der Waals surface area contributed by atoms with E-state index in [0.717, 1.165) is 18.6 Å². The number of hydrogen-bond acceptors (Lipinski definition) is 2. The summed E-state index contributed by atoms with van der Waals surface area (Å²) in [5.41, 5.74) is -0.429. The number of rotatable bonds is 1. The Kier molecular flexibility index (Phi) is 2.55. The van der Waals surface area contributed by atoms with Crippen LogP contribution in [0.4, 0.5) is 13.2 Å². The number of carbonyl (C=O) groups is 1. The predicted molar refractivity (Wildman–Crippen MR) is 55.5 cm³/mol. The molecule has 2 atom stereocenters. The minimum absolute atomic E-state index is 0.0210. The molecule has 0 saturated carbocycles. The molecule has 2 saturated heterocycles. The van der Waals surface area contributed by atoms with Crippen molar-refractivity contribution in [1.29, 1.82) is 0 Å². The van der Waals surface area contributed by atoms with Gasteiger partial charge < -0.3 is 9.64 Å². The van der Waals surface area contributed by atoms with Gasteiger partial charge in [0.05, 0.1) is 24.3 Å². The van der Waals surface area contributed by atoms with Crippen LogP contribution in [0.2, 0.25) is 0 Å². The van der Waals surface area contributed by atoms with E-state index in [1.807, 2.05) is 0 Å². The molecular formula is C12H10F3NO2. The van der Waals surface area contributed by atoms with Crippen molar-refractivity contribution in [1.82, 2.24) is 4.90 Å². The average molecular weight is 257 g/mol. The van der Waals surface area contributed by atoms with E-state index in [2.05, 4.69) is 0 Å². The van der Waals surface area contributed by atoms with Gasteiger partial charge in [0.25, 0.3) is 5.91 Å². The second-order valence-electron chi connectivity index (χ2n) is 4.53. The fourth-order valence-electron chi connectivity index (χ4n) is 2.49. The first-order chi connectivity index (χ1) is 8.58. The number of halogens is 3. The molecule has 1 aromatic carbocycles. The van der Waals surface area contributed by atoms with Crippen LogP contribution in [-0.4, -0.2) is 36.1 Å². The van der Waals surface area contributed by atoms with Gasteiger partial charge in [-0.25, -0.2) is 13.2 Å². The number of likely N-dealkylation sites (tertiary alicyclic amines) is 1. The highest BCUT2D eigenvalue weighted by Gasteiger charge is 2.42. The molecule has 2 aliphatic heterocycles. The molecule has 2 aliphatic rings. The zero-order valence-corrected chi connectivity index (χ0v) is 9.33. The molecule has 0 aliphatic carbocycles. The lowest BCUT2D eigenvalue weighted by Gasteiger charge is -2.27. The molecule has 1 aromatic rings. The second kappa shape index (κ2) is 3.98. The van der Waals surface area contributed by atoms with Crippen LogP contribution < -0.4 is 0 Å². The summed E-state index contributed by atoms with van der Waals surface area (Å²) < 4.78 is 44.7. The van der Waals surface area contributed by atoms with Crippen LogP contribution in [0.25, 0.3) is 0 Å². The summed E-state index contributed by atoms with van der Waals surface area (Å²) in [5.74, 6) is -4.94. The first kappa shape index (κ1) is 11.5. The molecule has 3 nitrogen and oxygen atoms in total. The highest BCUT2D eigenvalue weighted by Crippen LogP contribution is 2.30. The average Bonchev–Trinajstić information content (AvgIpc) is 2.97. The second-order valence-corrected chi connectivity index (χ2v) is 4.53. The lowest BCUT2D eigenvalue weighted by atomic mass is 10.1. The molecule has 96 valence electrons. The standard InChI is InChI=1S/C12H10F3NO2/c13-9-2-1-8(10(14)11(9)15)12(17)16-4-7-3-6(16)5-18-7/h1-2,6-7H,3-5H2/t6-,7+/m0/s1. The van der Waals surface area contributed by atoms with E-state index in [0.29, 0.717) is 13.2 Å². The van der Waals surface area contributed by atoms with Gasteiger partial charge in [0.1, 0.15) is 0 Å². The summed E-state index contributed by atoms with van der Waals surface area (Å²) >= 11 is 0. The van der Waals surface area contributed by atoms with Crippen molar-refractivity contribution in [3.05, 3.63) is 35.1 Å². The predicted octanol–water partition coefficient (Wildman–Crippen LogP) is 1.72. The van der Waals surface area contributed by atoms with Crippen LogP contribution in [0.5, 0.6) is 0 Å². The van der Waals surface area contributed by atoms with Crippen molar-refractivity contribution in [2.75, 3.05) is 13.2 Å². The van der Waals surface area contributed by atoms with E-state index >= 15 is 0 Å². The van der Waals surface area contributed by atoms with Crippen LogP contribution >= 0.6 is 0 Å². The molecule has 0 spiro atoms. The van der Waals surface area contributed by atoms with E-state index in [4.69, 9.17) is 4.74 Å². The highest BCUT2D eigenvalue weighted by molar-refractivity contribution is 5.95. The molecule has 3 rings (SSSR count). The normalized spacial score (nSPS) is 25.8. The molecule has 1 amide bonds. The Bertz CT molecular complexity index is 520. The third kappa shape index (κ3) is 1.59. The Balaban J connectivity index is 1.91. The summed E-state index contributed by atoms with van der Waals surface area (Å²) in [6.07, 6.45) is 0.698. The first-order valence-corrected chi connectivity index (χ1v) is 5.64. The number of nitrogens with zero attached hydrogens (tertiary/aromatic N) is 1. The summed E-state index contributed by atoms with van der Waals surface area (Å²) in [7, 11) is 0. The lowest BCUT2D eigenvalue weighted by Crippen LogP contribution is -2.41. The zero-order valence-electron chi connectivity index (χ0n) is 9.33. The number of benzene rings is 1. The number of hydrogen-bond donors (Lipinski definition) is 0. The molecule has 6 heteroatoms. The number of morpholine rings is 1. The summed E-state index contributed by atoms with van der Waals surface area (Å²) in [5, 5.41) is 0.